The van der Waals surface area contributed by atoms with Crippen molar-refractivity contribution in [3.8, 4) is 22.3 Å². The zero-order valence-corrected chi connectivity index (χ0v) is 30.3. The highest BCUT2D eigenvalue weighted by atomic mass is 15.0. The number of para-hydroxylation sites is 1. The normalized spacial score (nSPS) is 13.8. The lowest BCUT2D eigenvalue weighted by Gasteiger charge is -2.30. The Morgan fingerprint density at radius 1 is 0.411 bits per heavy atom. The summed E-state index contributed by atoms with van der Waals surface area (Å²) in [6.07, 6.45) is 4.02. The van der Waals surface area contributed by atoms with Gasteiger partial charge in [-0.05, 0) is 67.4 Å². The molecule has 0 saturated carbocycles. The lowest BCUT2D eigenvalue weighted by molar-refractivity contribution is 1.21. The van der Waals surface area contributed by atoms with Gasteiger partial charge in [0.1, 0.15) is 0 Å². The number of hydrogen-bond acceptors (Lipinski definition) is 0. The Balaban J connectivity index is 1.16. The van der Waals surface area contributed by atoms with Crippen LogP contribution in [0.15, 0.2) is 147 Å². The molecule has 9 aromatic carbocycles. The number of rotatable bonds is 2. The fraction of sp³-hybridized carbons (Fsp3) is 0. The van der Waals surface area contributed by atoms with Crippen molar-refractivity contribution >= 4 is 134 Å². The van der Waals surface area contributed by atoms with Gasteiger partial charge in [-0.15, -0.1) is 0 Å². The molecule has 0 atom stereocenters. The number of aromatic nitrogens is 2. The molecule has 3 aliphatic rings. The van der Waals surface area contributed by atoms with Crippen molar-refractivity contribution in [2.75, 3.05) is 0 Å². The molecular formula is C52H28B2N2. The standard InChI is InChI=1S/C52H28B2N2/c1-3-29-35-23-24-36-32-13-7-10-16-43(32)56-50-38-20-18-27-25-41-47(37-19-17-28(46(38)45(27)37)26-44(50)55(42(29)4-2)51(35)52(36)56)54-40-15-9-6-12-31(40)34-22-21-33-30-11-5-8-14-39(30)53(41)48(33)49(34)54/h3-26H,1-2H2. The Morgan fingerprint density at radius 3 is 1.82 bits per heavy atom. The van der Waals surface area contributed by atoms with Crippen molar-refractivity contribution in [3.63, 3.8) is 0 Å². The highest BCUT2D eigenvalue weighted by molar-refractivity contribution is 7.15. The Bertz CT molecular complexity index is 3880. The highest BCUT2D eigenvalue weighted by Gasteiger charge is 2.49. The van der Waals surface area contributed by atoms with Crippen LogP contribution in [0.25, 0.3) is 110 Å². The van der Waals surface area contributed by atoms with Gasteiger partial charge in [-0.2, -0.15) is 0 Å². The van der Waals surface area contributed by atoms with Gasteiger partial charge >= 0.3 is 0 Å². The molecular weight excluding hydrogens is 674 g/mol. The van der Waals surface area contributed by atoms with Crippen molar-refractivity contribution in [1.82, 2.24) is 8.80 Å². The lowest BCUT2D eigenvalue weighted by Crippen LogP contribution is -2.72. The third-order valence-corrected chi connectivity index (χ3v) is 14.2. The molecule has 252 valence electrons. The van der Waals surface area contributed by atoms with E-state index in [0.717, 1.165) is 11.3 Å². The van der Waals surface area contributed by atoms with Crippen LogP contribution in [0.4, 0.5) is 0 Å². The fourth-order valence-corrected chi connectivity index (χ4v) is 12.3. The van der Waals surface area contributed by atoms with Crippen LogP contribution < -0.4 is 32.8 Å². The monoisotopic (exact) mass is 702 g/mol. The Labute approximate surface area is 322 Å². The first-order valence-corrected chi connectivity index (χ1v) is 19.7. The van der Waals surface area contributed by atoms with Gasteiger partial charge < -0.3 is 8.80 Å². The van der Waals surface area contributed by atoms with Gasteiger partial charge in [-0.1, -0.05) is 173 Å². The molecule has 0 amide bonds. The van der Waals surface area contributed by atoms with E-state index >= 15 is 0 Å². The van der Waals surface area contributed by atoms with E-state index in [-0.39, 0.29) is 13.4 Å². The second kappa shape index (κ2) is 9.25. The van der Waals surface area contributed by atoms with Crippen LogP contribution in [0, 0.1) is 0 Å². The number of fused-ring (bicyclic) bond motifs is 17. The Morgan fingerprint density at radius 2 is 1.04 bits per heavy atom. The van der Waals surface area contributed by atoms with Crippen molar-refractivity contribution < 1.29 is 0 Å². The van der Waals surface area contributed by atoms with Crippen molar-refractivity contribution in [2.45, 2.75) is 0 Å². The minimum absolute atomic E-state index is 0.190. The second-order valence-electron chi connectivity index (χ2n) is 16.3. The van der Waals surface area contributed by atoms with Gasteiger partial charge in [0.2, 0.25) is 13.4 Å². The first-order valence-electron chi connectivity index (χ1n) is 19.7. The van der Waals surface area contributed by atoms with E-state index < -0.39 is 0 Å². The van der Waals surface area contributed by atoms with Crippen LogP contribution >= 0.6 is 0 Å². The SMILES string of the molecule is C=Cc1c(C=C)n2c3cc4ccc5c6c(cc7ccc(c4c75)c3n3c4ccccc4c4ccc1c2c43)B1c2ccccc2-c2ccc3c(c21)B6c1ccccc1-3. The summed E-state index contributed by atoms with van der Waals surface area (Å²) in [5.41, 5.74) is 22.8. The topological polar surface area (TPSA) is 8.82 Å². The molecule has 0 aliphatic carbocycles. The van der Waals surface area contributed by atoms with Crippen LogP contribution in [-0.2, 0) is 0 Å². The van der Waals surface area contributed by atoms with Gasteiger partial charge in [0, 0.05) is 27.1 Å². The Hall–Kier alpha value is -7.03. The maximum atomic E-state index is 4.35. The Kier molecular flexibility index (Phi) is 4.69. The average molecular weight is 702 g/mol. The van der Waals surface area contributed by atoms with Crippen LogP contribution in [0.3, 0.4) is 0 Å². The van der Waals surface area contributed by atoms with Crippen molar-refractivity contribution in [3.05, 3.63) is 158 Å². The molecule has 12 aromatic rings. The molecule has 56 heavy (non-hydrogen) atoms. The van der Waals surface area contributed by atoms with E-state index in [0.29, 0.717) is 0 Å². The molecule has 6 heterocycles. The molecule has 4 heteroatoms. The van der Waals surface area contributed by atoms with Gasteiger partial charge in [-0.3, -0.25) is 0 Å². The maximum Gasteiger partial charge on any atom is 0.242 e. The molecule has 0 unspecified atom stereocenters. The van der Waals surface area contributed by atoms with Gasteiger partial charge in [0.25, 0.3) is 0 Å². The summed E-state index contributed by atoms with van der Waals surface area (Å²) < 4.78 is 5.03. The summed E-state index contributed by atoms with van der Waals surface area (Å²) in [6, 6.07) is 51.4. The van der Waals surface area contributed by atoms with Gasteiger partial charge in [-0.25, -0.2) is 0 Å². The summed E-state index contributed by atoms with van der Waals surface area (Å²) in [4.78, 5) is 0. The predicted octanol–water partition coefficient (Wildman–Crippen LogP) is 8.58. The zero-order chi connectivity index (χ0) is 36.3. The maximum absolute atomic E-state index is 4.35. The van der Waals surface area contributed by atoms with Crippen LogP contribution in [-0.4, -0.2) is 22.2 Å². The molecule has 3 aromatic heterocycles. The summed E-state index contributed by atoms with van der Waals surface area (Å²) in [5.74, 6) is 0. The van der Waals surface area contributed by atoms with E-state index in [1.807, 2.05) is 12.2 Å². The lowest BCUT2D eigenvalue weighted by atomic mass is 9.22. The third-order valence-electron chi connectivity index (χ3n) is 14.2. The predicted molar refractivity (Wildman–Crippen MR) is 243 cm³/mol. The summed E-state index contributed by atoms with van der Waals surface area (Å²) in [5, 5.41) is 11.7. The number of hydrogen-bond donors (Lipinski definition) is 0. The van der Waals surface area contributed by atoms with E-state index in [9.17, 15) is 0 Å². The number of nitrogens with zero attached hydrogens (tertiary/aromatic N) is 2. The largest absolute Gasteiger partial charge is 0.305 e. The van der Waals surface area contributed by atoms with E-state index in [1.54, 1.807) is 0 Å². The van der Waals surface area contributed by atoms with Crippen molar-refractivity contribution in [1.29, 1.82) is 0 Å². The van der Waals surface area contributed by atoms with Crippen LogP contribution in [0.2, 0.25) is 0 Å². The highest BCUT2D eigenvalue weighted by Crippen LogP contribution is 2.46. The third kappa shape index (κ3) is 2.87. The molecule has 0 radical (unpaired) electrons. The molecule has 0 saturated heterocycles. The molecule has 0 fully saturated rings. The van der Waals surface area contributed by atoms with Crippen molar-refractivity contribution in [2.24, 2.45) is 0 Å². The minimum Gasteiger partial charge on any atom is -0.305 e. The second-order valence-corrected chi connectivity index (χ2v) is 16.3. The first kappa shape index (κ1) is 28.4. The summed E-state index contributed by atoms with van der Waals surface area (Å²) in [6.45, 7) is 9.04. The molecule has 0 N–H and O–H groups in total. The molecule has 2 nitrogen and oxygen atoms in total. The van der Waals surface area contributed by atoms with E-state index in [2.05, 4.69) is 155 Å². The smallest absolute Gasteiger partial charge is 0.242 e. The average Bonchev–Trinajstić information content (AvgIpc) is 3.97. The van der Waals surface area contributed by atoms with Gasteiger partial charge in [0.05, 0.1) is 33.3 Å². The minimum atomic E-state index is 0.190. The molecule has 3 aliphatic heterocycles. The van der Waals surface area contributed by atoms with E-state index in [1.165, 1.54) is 131 Å². The van der Waals surface area contributed by atoms with E-state index in [4.69, 9.17) is 0 Å². The molecule has 15 rings (SSSR count). The quantitative estimate of drug-likeness (QED) is 0.0971. The van der Waals surface area contributed by atoms with Crippen LogP contribution in [0.5, 0.6) is 0 Å². The molecule has 0 spiro atoms. The summed E-state index contributed by atoms with van der Waals surface area (Å²) >= 11 is 0. The zero-order valence-electron chi connectivity index (χ0n) is 30.3. The van der Waals surface area contributed by atoms with Gasteiger partial charge in [0.15, 0.2) is 0 Å². The van der Waals surface area contributed by atoms with Crippen LogP contribution in [0.1, 0.15) is 11.3 Å². The number of benzene rings is 9. The summed E-state index contributed by atoms with van der Waals surface area (Å²) in [7, 11) is 0. The first-order chi connectivity index (χ1) is 27.7. The fourth-order valence-electron chi connectivity index (χ4n) is 12.3. The molecule has 0 bridgehead atoms.